The van der Waals surface area contributed by atoms with Crippen LogP contribution in [0.3, 0.4) is 0 Å². The van der Waals surface area contributed by atoms with E-state index in [9.17, 15) is 9.59 Å². The topological polar surface area (TPSA) is 41.8 Å². The lowest BCUT2D eigenvalue weighted by atomic mass is 9.98. The van der Waals surface area contributed by atoms with Crippen LogP contribution in [0.4, 0.5) is 5.69 Å². The molecule has 4 nitrogen and oxygen atoms in total. The number of anilines is 1. The molecule has 1 unspecified atom stereocenters. The van der Waals surface area contributed by atoms with Crippen molar-refractivity contribution in [2.24, 2.45) is 0 Å². The van der Waals surface area contributed by atoms with Gasteiger partial charge in [0.25, 0.3) is 5.91 Å². The van der Waals surface area contributed by atoms with Crippen LogP contribution >= 0.6 is 0 Å². The maximum Gasteiger partial charge on any atom is 0.292 e. The fraction of sp³-hybridized carbons (Fsp3) is 0.263. The third-order valence-corrected chi connectivity index (χ3v) is 4.91. The number of hydrogen-bond donors (Lipinski definition) is 1. The highest BCUT2D eigenvalue weighted by atomic mass is 16.2. The fourth-order valence-corrected chi connectivity index (χ4v) is 3.70. The SMILES string of the molecule is O=C1C[C@H]([NH+]2CCc3ccccc3C2)C(=O)N1c1ccccc1. The lowest BCUT2D eigenvalue weighted by molar-refractivity contribution is -0.930. The van der Waals surface area contributed by atoms with Gasteiger partial charge in [0.15, 0.2) is 6.04 Å². The summed E-state index contributed by atoms with van der Waals surface area (Å²) in [6.45, 7) is 1.73. The van der Waals surface area contributed by atoms with Crippen molar-refractivity contribution < 1.29 is 14.5 Å². The van der Waals surface area contributed by atoms with Gasteiger partial charge in [-0.05, 0) is 17.7 Å². The zero-order valence-corrected chi connectivity index (χ0v) is 12.9. The molecule has 116 valence electrons. The first-order chi connectivity index (χ1) is 11.2. The first-order valence-electron chi connectivity index (χ1n) is 8.07. The van der Waals surface area contributed by atoms with Gasteiger partial charge in [0.05, 0.1) is 18.7 Å². The molecular weight excluding hydrogens is 288 g/mol. The largest absolute Gasteiger partial charge is 0.320 e. The Morgan fingerprint density at radius 3 is 2.39 bits per heavy atom. The molecule has 23 heavy (non-hydrogen) atoms. The highest BCUT2D eigenvalue weighted by molar-refractivity contribution is 6.21. The Bertz CT molecular complexity index is 757. The summed E-state index contributed by atoms with van der Waals surface area (Å²) in [5, 5.41) is 0. The van der Waals surface area contributed by atoms with E-state index in [1.54, 1.807) is 0 Å². The van der Waals surface area contributed by atoms with Gasteiger partial charge in [0, 0.05) is 12.0 Å². The molecule has 0 spiro atoms. The Labute approximate surface area is 135 Å². The fourth-order valence-electron chi connectivity index (χ4n) is 3.70. The van der Waals surface area contributed by atoms with E-state index in [0.29, 0.717) is 12.1 Å². The molecule has 0 bridgehead atoms. The maximum absolute atomic E-state index is 12.8. The third-order valence-electron chi connectivity index (χ3n) is 4.91. The van der Waals surface area contributed by atoms with Crippen molar-refractivity contribution in [2.75, 3.05) is 11.4 Å². The summed E-state index contributed by atoms with van der Waals surface area (Å²) >= 11 is 0. The van der Waals surface area contributed by atoms with Crippen molar-refractivity contribution in [2.45, 2.75) is 25.4 Å². The molecule has 1 saturated heterocycles. The van der Waals surface area contributed by atoms with E-state index in [2.05, 4.69) is 18.2 Å². The number of carbonyl (C=O) groups excluding carboxylic acids is 2. The summed E-state index contributed by atoms with van der Waals surface area (Å²) in [4.78, 5) is 27.8. The summed E-state index contributed by atoms with van der Waals surface area (Å²) in [6.07, 6.45) is 1.28. The summed E-state index contributed by atoms with van der Waals surface area (Å²) in [7, 11) is 0. The van der Waals surface area contributed by atoms with Gasteiger partial charge in [-0.2, -0.15) is 0 Å². The van der Waals surface area contributed by atoms with Crippen molar-refractivity contribution in [1.82, 2.24) is 0 Å². The number of nitrogens with one attached hydrogen (secondary N) is 1. The predicted molar refractivity (Wildman–Crippen MR) is 87.0 cm³/mol. The van der Waals surface area contributed by atoms with Crippen LogP contribution < -0.4 is 9.80 Å². The van der Waals surface area contributed by atoms with Gasteiger partial charge in [0.1, 0.15) is 6.54 Å². The highest BCUT2D eigenvalue weighted by Crippen LogP contribution is 2.22. The molecule has 4 rings (SSSR count). The van der Waals surface area contributed by atoms with E-state index in [1.807, 2.05) is 36.4 Å². The minimum absolute atomic E-state index is 0.0596. The molecule has 2 aromatic carbocycles. The average molecular weight is 307 g/mol. The number of carbonyl (C=O) groups is 2. The Hall–Kier alpha value is -2.46. The van der Waals surface area contributed by atoms with Crippen LogP contribution in [-0.4, -0.2) is 24.4 Å². The van der Waals surface area contributed by atoms with E-state index in [1.165, 1.54) is 20.9 Å². The predicted octanol–water partition coefficient (Wildman–Crippen LogP) is 0.960. The van der Waals surface area contributed by atoms with Crippen molar-refractivity contribution >= 4 is 17.5 Å². The lowest BCUT2D eigenvalue weighted by Crippen LogP contribution is -3.16. The smallest absolute Gasteiger partial charge is 0.292 e. The number of quaternary nitrogens is 1. The van der Waals surface area contributed by atoms with Crippen LogP contribution in [0.15, 0.2) is 54.6 Å². The molecular formula is C19H19N2O2+. The van der Waals surface area contributed by atoms with Crippen molar-refractivity contribution in [3.63, 3.8) is 0 Å². The molecule has 4 heteroatoms. The second kappa shape index (κ2) is 5.63. The van der Waals surface area contributed by atoms with E-state index in [4.69, 9.17) is 0 Å². The summed E-state index contributed by atoms with van der Waals surface area (Å²) in [5.41, 5.74) is 3.35. The normalized spacial score (nSPS) is 23.9. The molecule has 2 aromatic rings. The monoisotopic (exact) mass is 307 g/mol. The molecule has 0 aromatic heterocycles. The second-order valence-electron chi connectivity index (χ2n) is 6.26. The average Bonchev–Trinajstić information content (AvgIpc) is 2.90. The van der Waals surface area contributed by atoms with Crippen LogP contribution in [0.25, 0.3) is 0 Å². The summed E-state index contributed by atoms with van der Waals surface area (Å²) < 4.78 is 0. The standard InChI is InChI=1S/C19H18N2O2/c22-18-12-17(19(23)21(18)16-8-2-1-3-9-16)20-11-10-14-6-4-5-7-15(14)13-20/h1-9,17H,10-13H2/p+1/t17-/m0/s1. The molecule has 2 aliphatic heterocycles. The van der Waals surface area contributed by atoms with Crippen LogP contribution in [0.2, 0.25) is 0 Å². The van der Waals surface area contributed by atoms with Crippen molar-refractivity contribution in [3.8, 4) is 0 Å². The second-order valence-corrected chi connectivity index (χ2v) is 6.26. The number of benzene rings is 2. The molecule has 0 aliphatic carbocycles. The maximum atomic E-state index is 12.8. The summed E-state index contributed by atoms with van der Waals surface area (Å²) in [5.74, 6) is -0.145. The number of amides is 2. The third kappa shape index (κ3) is 2.45. The number of nitrogens with zero attached hydrogens (tertiary/aromatic N) is 1. The van der Waals surface area contributed by atoms with E-state index in [-0.39, 0.29) is 17.9 Å². The summed E-state index contributed by atoms with van der Waals surface area (Å²) in [6, 6.07) is 17.4. The first-order valence-corrected chi connectivity index (χ1v) is 8.07. The van der Waals surface area contributed by atoms with Gasteiger partial charge < -0.3 is 4.90 Å². The molecule has 1 fully saturated rings. The van der Waals surface area contributed by atoms with Gasteiger partial charge >= 0.3 is 0 Å². The molecule has 0 saturated carbocycles. The molecule has 2 amide bonds. The zero-order valence-electron chi connectivity index (χ0n) is 12.9. The van der Waals surface area contributed by atoms with Gasteiger partial charge in [-0.3, -0.25) is 9.59 Å². The number of fused-ring (bicyclic) bond motifs is 1. The highest BCUT2D eigenvalue weighted by Gasteiger charge is 2.46. The Morgan fingerprint density at radius 2 is 1.61 bits per heavy atom. The number of para-hydroxylation sites is 1. The molecule has 1 N–H and O–H groups in total. The van der Waals surface area contributed by atoms with Gasteiger partial charge in [0.2, 0.25) is 5.91 Å². The molecule has 0 radical (unpaired) electrons. The quantitative estimate of drug-likeness (QED) is 0.840. The Kier molecular flexibility index (Phi) is 3.46. The minimum Gasteiger partial charge on any atom is -0.320 e. The van der Waals surface area contributed by atoms with E-state index >= 15 is 0 Å². The van der Waals surface area contributed by atoms with Crippen LogP contribution in [0.5, 0.6) is 0 Å². The van der Waals surface area contributed by atoms with E-state index < -0.39 is 0 Å². The molecule has 2 heterocycles. The van der Waals surface area contributed by atoms with Crippen molar-refractivity contribution in [1.29, 1.82) is 0 Å². The minimum atomic E-state index is -0.254. The van der Waals surface area contributed by atoms with Crippen LogP contribution in [-0.2, 0) is 22.6 Å². The van der Waals surface area contributed by atoms with Gasteiger partial charge in [-0.25, -0.2) is 4.90 Å². The van der Waals surface area contributed by atoms with Crippen LogP contribution in [0.1, 0.15) is 17.5 Å². The first kappa shape index (κ1) is 14.2. The number of imide groups is 1. The van der Waals surface area contributed by atoms with Gasteiger partial charge in [-0.15, -0.1) is 0 Å². The number of hydrogen-bond acceptors (Lipinski definition) is 2. The van der Waals surface area contributed by atoms with Crippen molar-refractivity contribution in [3.05, 3.63) is 65.7 Å². The molecule has 2 aliphatic rings. The zero-order chi connectivity index (χ0) is 15.8. The molecule has 2 atom stereocenters. The van der Waals surface area contributed by atoms with Crippen LogP contribution in [0, 0.1) is 0 Å². The number of rotatable bonds is 2. The lowest BCUT2D eigenvalue weighted by Gasteiger charge is -2.29. The van der Waals surface area contributed by atoms with E-state index in [0.717, 1.165) is 19.5 Å². The van der Waals surface area contributed by atoms with Gasteiger partial charge in [-0.1, -0.05) is 42.5 Å². The Morgan fingerprint density at radius 1 is 0.913 bits per heavy atom. The Balaban J connectivity index is 1.58.